The molecule has 0 bridgehead atoms. The Balaban J connectivity index is 0. The predicted octanol–water partition coefficient (Wildman–Crippen LogP) is 0.238. The largest absolute Gasteiger partial charge is 0.464 e. The molecular formula is C8H17NO3. The zero-order chi connectivity index (χ0) is 8.69. The number of nitrogens with one attached hydrogen (secondary N) is 1. The molecule has 0 aliphatic carbocycles. The molecule has 0 saturated carbocycles. The van der Waals surface area contributed by atoms with Crippen LogP contribution in [0.3, 0.4) is 0 Å². The highest BCUT2D eigenvalue weighted by atomic mass is 16.5. The van der Waals surface area contributed by atoms with Gasteiger partial charge in [-0.05, 0) is 6.42 Å². The van der Waals surface area contributed by atoms with Crippen LogP contribution in [0.25, 0.3) is 0 Å². The quantitative estimate of drug-likeness (QED) is 0.369. The van der Waals surface area contributed by atoms with Crippen molar-refractivity contribution in [3.63, 3.8) is 0 Å². The highest BCUT2D eigenvalue weighted by Gasteiger charge is 2.03. The normalized spacial score (nSPS) is 8.17. The van der Waals surface area contributed by atoms with E-state index in [0.29, 0.717) is 5.70 Å². The molecule has 4 nitrogen and oxygen atoms in total. The average Bonchev–Trinajstić information content (AvgIpc) is 2.03. The van der Waals surface area contributed by atoms with Gasteiger partial charge in [-0.2, -0.15) is 0 Å². The van der Waals surface area contributed by atoms with Crippen LogP contribution >= 0.6 is 0 Å². The van der Waals surface area contributed by atoms with E-state index in [-0.39, 0.29) is 11.4 Å². The number of hydrogen-bond acceptors (Lipinski definition) is 3. The summed E-state index contributed by atoms with van der Waals surface area (Å²) in [6.45, 7) is 6.38. The summed E-state index contributed by atoms with van der Waals surface area (Å²) < 4.78 is 4.44. The molecule has 0 aliphatic heterocycles. The van der Waals surface area contributed by atoms with Crippen LogP contribution in [0.4, 0.5) is 0 Å². The Bertz CT molecular complexity index is 145. The lowest BCUT2D eigenvalue weighted by molar-refractivity contribution is -0.136. The van der Waals surface area contributed by atoms with E-state index in [1.165, 1.54) is 7.11 Å². The van der Waals surface area contributed by atoms with Gasteiger partial charge in [-0.1, -0.05) is 19.9 Å². The third-order valence-corrected chi connectivity index (χ3v) is 1.30. The van der Waals surface area contributed by atoms with E-state index in [4.69, 9.17) is 0 Å². The van der Waals surface area contributed by atoms with Gasteiger partial charge in [-0.3, -0.25) is 0 Å². The van der Waals surface area contributed by atoms with Crippen molar-refractivity contribution in [2.24, 2.45) is 0 Å². The Labute approximate surface area is 72.9 Å². The van der Waals surface area contributed by atoms with Crippen molar-refractivity contribution >= 4 is 5.97 Å². The van der Waals surface area contributed by atoms with Crippen LogP contribution in [0.2, 0.25) is 0 Å². The second-order valence-corrected chi connectivity index (χ2v) is 2.25. The molecule has 0 aromatic heterocycles. The summed E-state index contributed by atoms with van der Waals surface area (Å²) in [5.74, 6) is -0.388. The van der Waals surface area contributed by atoms with Crippen molar-refractivity contribution < 1.29 is 15.0 Å². The molecule has 0 rings (SSSR count). The first kappa shape index (κ1) is 13.6. The van der Waals surface area contributed by atoms with Gasteiger partial charge in [0.25, 0.3) is 0 Å². The first-order chi connectivity index (χ1) is 5.22. The van der Waals surface area contributed by atoms with Crippen molar-refractivity contribution in [3.8, 4) is 0 Å². The molecule has 4 heteroatoms. The monoisotopic (exact) mass is 175 g/mol. The number of hydrogen-bond donors (Lipinski definition) is 1. The maximum atomic E-state index is 10.7. The lowest BCUT2D eigenvalue weighted by Gasteiger charge is -2.05. The van der Waals surface area contributed by atoms with Crippen molar-refractivity contribution in [2.45, 2.75) is 19.8 Å². The third kappa shape index (κ3) is 5.73. The molecule has 0 heterocycles. The Hall–Kier alpha value is -1.03. The van der Waals surface area contributed by atoms with Gasteiger partial charge in [0.1, 0.15) is 5.70 Å². The van der Waals surface area contributed by atoms with Gasteiger partial charge in [0.05, 0.1) is 7.11 Å². The van der Waals surface area contributed by atoms with Crippen LogP contribution in [0.15, 0.2) is 12.3 Å². The Morgan fingerprint density at radius 2 is 2.17 bits per heavy atom. The van der Waals surface area contributed by atoms with Crippen LogP contribution in [-0.2, 0) is 9.53 Å². The molecule has 0 unspecified atom stereocenters. The van der Waals surface area contributed by atoms with Crippen molar-refractivity contribution in [1.82, 2.24) is 5.32 Å². The van der Waals surface area contributed by atoms with Gasteiger partial charge in [0.2, 0.25) is 0 Å². The molecule has 0 radical (unpaired) electrons. The molecular weight excluding hydrogens is 158 g/mol. The smallest absolute Gasteiger partial charge is 0.353 e. The number of carbonyl (C=O) groups is 1. The van der Waals surface area contributed by atoms with E-state index >= 15 is 0 Å². The lowest BCUT2D eigenvalue weighted by atomic mass is 10.3. The summed E-state index contributed by atoms with van der Waals surface area (Å²) in [4.78, 5) is 10.7. The van der Waals surface area contributed by atoms with Gasteiger partial charge in [0.15, 0.2) is 0 Å². The summed E-state index contributed by atoms with van der Waals surface area (Å²) in [5, 5.41) is 2.87. The molecule has 0 aromatic rings. The summed E-state index contributed by atoms with van der Waals surface area (Å²) in [6.07, 6.45) is 2.14. The van der Waals surface area contributed by atoms with Crippen LogP contribution in [0.1, 0.15) is 19.8 Å². The number of ether oxygens (including phenoxy) is 1. The molecule has 72 valence electrons. The molecule has 0 fully saturated rings. The summed E-state index contributed by atoms with van der Waals surface area (Å²) in [6, 6.07) is 0. The van der Waals surface area contributed by atoms with Gasteiger partial charge in [-0.15, -0.1) is 0 Å². The maximum Gasteiger partial charge on any atom is 0.353 e. The summed E-state index contributed by atoms with van der Waals surface area (Å²) in [5.41, 5.74) is 0.334. The molecule has 0 aliphatic rings. The van der Waals surface area contributed by atoms with Crippen molar-refractivity contribution in [3.05, 3.63) is 12.3 Å². The summed E-state index contributed by atoms with van der Waals surface area (Å²) >= 11 is 0. The molecule has 12 heavy (non-hydrogen) atoms. The molecule has 0 amide bonds. The Morgan fingerprint density at radius 1 is 1.58 bits per heavy atom. The van der Waals surface area contributed by atoms with E-state index in [2.05, 4.69) is 23.6 Å². The summed E-state index contributed by atoms with van der Waals surface area (Å²) in [7, 11) is 1.34. The molecule has 3 N–H and O–H groups in total. The minimum atomic E-state index is -0.388. The van der Waals surface area contributed by atoms with E-state index in [9.17, 15) is 4.79 Å². The fourth-order valence-corrected chi connectivity index (χ4v) is 0.611. The molecule has 0 atom stereocenters. The van der Waals surface area contributed by atoms with Crippen molar-refractivity contribution in [2.75, 3.05) is 13.7 Å². The van der Waals surface area contributed by atoms with Crippen LogP contribution in [0.5, 0.6) is 0 Å². The highest BCUT2D eigenvalue weighted by Crippen LogP contribution is 1.89. The predicted molar refractivity (Wildman–Crippen MR) is 47.7 cm³/mol. The van der Waals surface area contributed by atoms with Crippen LogP contribution in [-0.4, -0.2) is 25.1 Å². The van der Waals surface area contributed by atoms with E-state index in [1.54, 1.807) is 0 Å². The van der Waals surface area contributed by atoms with E-state index in [1.807, 2.05) is 0 Å². The topological polar surface area (TPSA) is 69.8 Å². The molecule has 0 spiro atoms. The van der Waals surface area contributed by atoms with Gasteiger partial charge < -0.3 is 15.5 Å². The van der Waals surface area contributed by atoms with E-state index in [0.717, 1.165) is 19.4 Å². The molecule has 0 saturated heterocycles. The second kappa shape index (κ2) is 8.07. The second-order valence-electron chi connectivity index (χ2n) is 2.25. The number of unbranched alkanes of at least 4 members (excludes halogenated alkanes) is 1. The van der Waals surface area contributed by atoms with Crippen molar-refractivity contribution in [1.29, 1.82) is 0 Å². The number of methoxy groups -OCH3 is 1. The number of rotatable bonds is 5. The van der Waals surface area contributed by atoms with E-state index < -0.39 is 0 Å². The fourth-order valence-electron chi connectivity index (χ4n) is 0.611. The Kier molecular flexibility index (Phi) is 9.11. The fraction of sp³-hybridized carbons (Fsp3) is 0.625. The van der Waals surface area contributed by atoms with Gasteiger partial charge >= 0.3 is 5.97 Å². The number of esters is 1. The molecule has 0 aromatic carbocycles. The average molecular weight is 175 g/mol. The zero-order valence-corrected chi connectivity index (χ0v) is 7.64. The van der Waals surface area contributed by atoms with Gasteiger partial charge in [0, 0.05) is 6.54 Å². The lowest BCUT2D eigenvalue weighted by Crippen LogP contribution is -2.21. The van der Waals surface area contributed by atoms with Crippen LogP contribution in [0, 0.1) is 0 Å². The highest BCUT2D eigenvalue weighted by molar-refractivity contribution is 5.86. The Morgan fingerprint density at radius 3 is 2.58 bits per heavy atom. The van der Waals surface area contributed by atoms with Crippen LogP contribution < -0.4 is 5.32 Å². The SMILES string of the molecule is C=C(NCCCC)C(=O)OC.O. The minimum Gasteiger partial charge on any atom is -0.464 e. The third-order valence-electron chi connectivity index (χ3n) is 1.30. The first-order valence-corrected chi connectivity index (χ1v) is 3.73. The first-order valence-electron chi connectivity index (χ1n) is 3.73. The number of carbonyl (C=O) groups excluding carboxylic acids is 1. The minimum absolute atomic E-state index is 0. The zero-order valence-electron chi connectivity index (χ0n) is 7.64. The maximum absolute atomic E-state index is 10.7. The van der Waals surface area contributed by atoms with Gasteiger partial charge in [-0.25, -0.2) is 4.79 Å². The standard InChI is InChI=1S/C8H15NO2.H2O/c1-4-5-6-9-7(2)8(10)11-3;/h9H,2,4-6H2,1,3H3;1H2.